The maximum absolute atomic E-state index is 6.09. The van der Waals surface area contributed by atoms with Crippen molar-refractivity contribution in [1.82, 2.24) is 9.88 Å². The Morgan fingerprint density at radius 1 is 1.55 bits per heavy atom. The Hall–Kier alpha value is -1.10. The number of rotatable bonds is 4. The highest BCUT2D eigenvalue weighted by Gasteiger charge is 2.17. The molecule has 2 rings (SSSR count). The second-order valence-corrected chi connectivity index (χ2v) is 6.94. The summed E-state index contributed by atoms with van der Waals surface area (Å²) >= 11 is 1.79. The molecule has 20 heavy (non-hydrogen) atoms. The Balaban J connectivity index is 1.85. The van der Waals surface area contributed by atoms with E-state index >= 15 is 0 Å². The van der Waals surface area contributed by atoms with Gasteiger partial charge in [-0.3, -0.25) is 4.99 Å². The summed E-state index contributed by atoms with van der Waals surface area (Å²) in [5.74, 6) is 1.44. The summed E-state index contributed by atoms with van der Waals surface area (Å²) in [5.41, 5.74) is 7.32. The van der Waals surface area contributed by atoms with Gasteiger partial charge in [0.05, 0.1) is 10.7 Å². The van der Waals surface area contributed by atoms with Crippen molar-refractivity contribution in [2.24, 2.45) is 16.6 Å². The number of likely N-dealkylation sites (tertiary alicyclic amines) is 1. The molecule has 4 nitrogen and oxygen atoms in total. The quantitative estimate of drug-likeness (QED) is 0.686. The van der Waals surface area contributed by atoms with Crippen LogP contribution in [0.2, 0.25) is 0 Å². The van der Waals surface area contributed by atoms with Crippen molar-refractivity contribution >= 4 is 17.3 Å². The molecule has 0 bridgehead atoms. The maximum atomic E-state index is 6.09. The Bertz CT molecular complexity index is 466. The minimum absolute atomic E-state index is 0.709. The van der Waals surface area contributed by atoms with Gasteiger partial charge in [0.15, 0.2) is 5.96 Å². The third-order valence-electron chi connectivity index (χ3n) is 3.85. The topological polar surface area (TPSA) is 54.5 Å². The average Bonchev–Trinajstić information content (AvgIpc) is 2.79. The van der Waals surface area contributed by atoms with Gasteiger partial charge in [0, 0.05) is 30.9 Å². The number of hydrogen-bond donors (Lipinski definition) is 1. The van der Waals surface area contributed by atoms with E-state index in [1.54, 1.807) is 11.3 Å². The van der Waals surface area contributed by atoms with Gasteiger partial charge in [0.25, 0.3) is 0 Å². The smallest absolute Gasteiger partial charge is 0.191 e. The number of piperidine rings is 1. The number of nitrogens with two attached hydrogens (primary N) is 1. The zero-order valence-electron chi connectivity index (χ0n) is 12.9. The summed E-state index contributed by atoms with van der Waals surface area (Å²) in [6.07, 6.45) is 4.44. The monoisotopic (exact) mass is 294 g/mol. The van der Waals surface area contributed by atoms with E-state index < -0.39 is 0 Å². The minimum Gasteiger partial charge on any atom is -0.370 e. The van der Waals surface area contributed by atoms with E-state index in [0.717, 1.165) is 38.4 Å². The molecule has 1 aromatic heterocycles. The van der Waals surface area contributed by atoms with Crippen LogP contribution in [0.25, 0.3) is 0 Å². The minimum atomic E-state index is 0.709. The van der Waals surface area contributed by atoms with Gasteiger partial charge in [-0.05, 0) is 32.1 Å². The molecule has 1 aliphatic heterocycles. The van der Waals surface area contributed by atoms with Gasteiger partial charge in [-0.2, -0.15) is 0 Å². The van der Waals surface area contributed by atoms with Crippen LogP contribution in [0.4, 0.5) is 0 Å². The zero-order chi connectivity index (χ0) is 14.5. The summed E-state index contributed by atoms with van der Waals surface area (Å²) in [7, 11) is 0. The van der Waals surface area contributed by atoms with Crippen molar-refractivity contribution < 1.29 is 0 Å². The maximum Gasteiger partial charge on any atom is 0.191 e. The molecule has 0 aliphatic carbocycles. The summed E-state index contributed by atoms with van der Waals surface area (Å²) in [6.45, 7) is 9.42. The summed E-state index contributed by atoms with van der Waals surface area (Å²) < 4.78 is 0. The van der Waals surface area contributed by atoms with Gasteiger partial charge < -0.3 is 10.6 Å². The van der Waals surface area contributed by atoms with Crippen LogP contribution in [0, 0.1) is 12.8 Å². The number of nitrogens with zero attached hydrogens (tertiary/aromatic N) is 3. The molecule has 0 aromatic carbocycles. The third-order valence-corrected chi connectivity index (χ3v) is 4.93. The van der Waals surface area contributed by atoms with Crippen molar-refractivity contribution in [2.45, 2.75) is 46.5 Å². The predicted molar refractivity (Wildman–Crippen MR) is 86.4 cm³/mol. The molecule has 112 valence electrons. The largest absolute Gasteiger partial charge is 0.370 e. The van der Waals surface area contributed by atoms with Gasteiger partial charge >= 0.3 is 0 Å². The van der Waals surface area contributed by atoms with Crippen LogP contribution in [-0.2, 0) is 12.8 Å². The van der Waals surface area contributed by atoms with Crippen LogP contribution < -0.4 is 5.73 Å². The van der Waals surface area contributed by atoms with Crippen molar-refractivity contribution in [3.8, 4) is 0 Å². The fraction of sp³-hybridized carbons (Fsp3) is 0.733. The van der Waals surface area contributed by atoms with Crippen molar-refractivity contribution in [2.75, 3.05) is 19.6 Å². The molecule has 1 unspecified atom stereocenters. The Morgan fingerprint density at radius 2 is 2.35 bits per heavy atom. The van der Waals surface area contributed by atoms with E-state index in [2.05, 4.69) is 35.6 Å². The van der Waals surface area contributed by atoms with Gasteiger partial charge in [-0.15, -0.1) is 11.3 Å². The van der Waals surface area contributed by atoms with Crippen molar-refractivity contribution in [3.05, 3.63) is 15.6 Å². The van der Waals surface area contributed by atoms with E-state index in [1.807, 2.05) is 0 Å². The highest BCUT2D eigenvalue weighted by atomic mass is 32.1. The lowest BCUT2D eigenvalue weighted by atomic mass is 10.0. The van der Waals surface area contributed by atoms with Crippen LogP contribution >= 0.6 is 11.3 Å². The van der Waals surface area contributed by atoms with Gasteiger partial charge in [-0.25, -0.2) is 4.98 Å². The van der Waals surface area contributed by atoms with Crippen LogP contribution in [0.15, 0.2) is 4.99 Å². The first kappa shape index (κ1) is 15.3. The normalized spacial score (nSPS) is 20.4. The summed E-state index contributed by atoms with van der Waals surface area (Å²) in [4.78, 5) is 12.7. The molecule has 0 saturated carbocycles. The SMILES string of the molecule is CCc1nc(CCN=C(N)N2CCCC(C)C2)sc1C. The van der Waals surface area contributed by atoms with Crippen LogP contribution in [0.3, 0.4) is 0 Å². The fourth-order valence-electron chi connectivity index (χ4n) is 2.69. The molecule has 1 aliphatic rings. The number of hydrogen-bond acceptors (Lipinski definition) is 3. The summed E-state index contributed by atoms with van der Waals surface area (Å²) in [5, 5.41) is 1.18. The first-order valence-corrected chi connectivity index (χ1v) is 8.41. The van der Waals surface area contributed by atoms with E-state index in [0.29, 0.717) is 5.96 Å². The van der Waals surface area contributed by atoms with Gasteiger partial charge in [-0.1, -0.05) is 13.8 Å². The standard InChI is InChI=1S/C15H26N4S/c1-4-13-12(3)20-14(18-13)7-8-17-15(16)19-9-5-6-11(2)10-19/h11H,4-10H2,1-3H3,(H2,16,17). The van der Waals surface area contributed by atoms with Crippen LogP contribution in [-0.4, -0.2) is 35.5 Å². The second kappa shape index (κ2) is 7.07. The lowest BCUT2D eigenvalue weighted by molar-refractivity contribution is 0.270. The van der Waals surface area contributed by atoms with E-state index in [-0.39, 0.29) is 0 Å². The molecule has 0 amide bonds. The van der Waals surface area contributed by atoms with Crippen molar-refractivity contribution in [1.29, 1.82) is 0 Å². The third kappa shape index (κ3) is 3.95. The second-order valence-electron chi connectivity index (χ2n) is 5.65. The number of aliphatic imine (C=N–C) groups is 1. The first-order valence-electron chi connectivity index (χ1n) is 7.60. The number of aryl methyl sites for hydroxylation is 2. The molecular formula is C15H26N4S. The molecule has 5 heteroatoms. The van der Waals surface area contributed by atoms with Crippen molar-refractivity contribution in [3.63, 3.8) is 0 Å². The predicted octanol–water partition coefficient (Wildman–Crippen LogP) is 2.60. The molecule has 1 fully saturated rings. The molecular weight excluding hydrogens is 268 g/mol. The van der Waals surface area contributed by atoms with Gasteiger partial charge in [0.1, 0.15) is 0 Å². The molecule has 2 N–H and O–H groups in total. The van der Waals surface area contributed by atoms with E-state index in [4.69, 9.17) is 5.73 Å². The molecule has 1 atom stereocenters. The highest BCUT2D eigenvalue weighted by Crippen LogP contribution is 2.18. The average molecular weight is 294 g/mol. The Kier molecular flexibility index (Phi) is 5.40. The highest BCUT2D eigenvalue weighted by molar-refractivity contribution is 7.11. The lowest BCUT2D eigenvalue weighted by Crippen LogP contribution is -2.43. The fourth-order valence-corrected chi connectivity index (χ4v) is 3.70. The van der Waals surface area contributed by atoms with E-state index in [1.165, 1.54) is 28.4 Å². The molecule has 1 saturated heterocycles. The number of aromatic nitrogens is 1. The summed E-state index contributed by atoms with van der Waals surface area (Å²) in [6, 6.07) is 0. The molecule has 1 aromatic rings. The zero-order valence-corrected chi connectivity index (χ0v) is 13.7. The Labute approximate surface area is 126 Å². The molecule has 0 radical (unpaired) electrons. The van der Waals surface area contributed by atoms with Gasteiger partial charge in [0.2, 0.25) is 0 Å². The van der Waals surface area contributed by atoms with Crippen LogP contribution in [0.5, 0.6) is 0 Å². The number of guanidine groups is 1. The van der Waals surface area contributed by atoms with E-state index in [9.17, 15) is 0 Å². The molecule has 0 spiro atoms. The lowest BCUT2D eigenvalue weighted by Gasteiger charge is -2.31. The van der Waals surface area contributed by atoms with Crippen LogP contribution in [0.1, 0.15) is 42.3 Å². The number of thiazole rings is 1. The molecule has 2 heterocycles. The first-order chi connectivity index (χ1) is 9.60. The Morgan fingerprint density at radius 3 is 3.00 bits per heavy atom.